The molecule has 0 spiro atoms. The summed E-state index contributed by atoms with van der Waals surface area (Å²) in [5.74, 6) is -2.67. The number of anilines is 1. The summed E-state index contributed by atoms with van der Waals surface area (Å²) in [5, 5.41) is 4.67. The van der Waals surface area contributed by atoms with Crippen LogP contribution in [0.4, 0.5) is 28.9 Å². The lowest BCUT2D eigenvalue weighted by Crippen LogP contribution is -2.35. The van der Waals surface area contributed by atoms with Gasteiger partial charge in [0.2, 0.25) is 5.79 Å². The molecule has 0 amide bonds. The van der Waals surface area contributed by atoms with Gasteiger partial charge < -0.3 is 5.32 Å². The van der Waals surface area contributed by atoms with Crippen molar-refractivity contribution in [1.82, 2.24) is 0 Å². The van der Waals surface area contributed by atoms with Crippen molar-refractivity contribution in [3.8, 4) is 0 Å². The highest BCUT2D eigenvalue weighted by Gasteiger charge is 2.47. The molecule has 0 saturated heterocycles. The van der Waals surface area contributed by atoms with E-state index in [9.17, 15) is 22.5 Å². The monoisotopic (exact) mass is 249 g/mol. The topological polar surface area (TPSA) is 67.5 Å². The number of hydrogen-bond acceptors (Lipinski definition) is 4. The molecule has 1 unspecified atom stereocenters. The van der Waals surface area contributed by atoms with E-state index in [-0.39, 0.29) is 5.69 Å². The molecule has 2 rings (SSSR count). The van der Waals surface area contributed by atoms with Crippen LogP contribution in [0.5, 0.6) is 0 Å². The number of rotatable bonds is 1. The number of fused-ring (bicyclic) bond motifs is 1. The Kier molecular flexibility index (Phi) is 2.35. The minimum atomic E-state index is -4.89. The molecular formula is C9H7F4N3O. The molecule has 4 nitrogen and oxygen atoms in total. The van der Waals surface area contributed by atoms with Crippen LogP contribution in [-0.2, 0) is 12.0 Å². The number of hydrogen-bond donors (Lipinski definition) is 2. The SMILES string of the molecule is NC1(F)CNc2ccc(N=O)c(C(F)(F)F)c21. The molecule has 1 heterocycles. The van der Waals surface area contributed by atoms with Crippen molar-refractivity contribution in [2.45, 2.75) is 12.0 Å². The Labute approximate surface area is 92.8 Å². The normalized spacial score (nSPS) is 23.1. The summed E-state index contributed by atoms with van der Waals surface area (Å²) in [6.07, 6.45) is -4.89. The van der Waals surface area contributed by atoms with E-state index in [1.807, 2.05) is 0 Å². The zero-order chi connectivity index (χ0) is 12.8. The minimum Gasteiger partial charge on any atom is -0.380 e. The van der Waals surface area contributed by atoms with Crippen LogP contribution < -0.4 is 11.1 Å². The molecule has 17 heavy (non-hydrogen) atoms. The second-order valence-electron chi connectivity index (χ2n) is 3.69. The van der Waals surface area contributed by atoms with Crippen LogP contribution in [0.1, 0.15) is 11.1 Å². The predicted octanol–water partition coefficient (Wildman–Crippen LogP) is 2.61. The average Bonchev–Trinajstić information content (AvgIpc) is 2.52. The summed E-state index contributed by atoms with van der Waals surface area (Å²) in [7, 11) is 0. The Morgan fingerprint density at radius 3 is 2.59 bits per heavy atom. The third-order valence-corrected chi connectivity index (χ3v) is 2.52. The lowest BCUT2D eigenvalue weighted by atomic mass is 9.98. The minimum absolute atomic E-state index is 0.0743. The van der Waals surface area contributed by atoms with Crippen LogP contribution in [0.3, 0.4) is 0 Å². The van der Waals surface area contributed by atoms with Crippen LogP contribution in [0.25, 0.3) is 0 Å². The van der Waals surface area contributed by atoms with Gasteiger partial charge >= 0.3 is 6.18 Å². The molecule has 8 heteroatoms. The van der Waals surface area contributed by atoms with Crippen LogP contribution in [0.2, 0.25) is 0 Å². The van der Waals surface area contributed by atoms with E-state index in [2.05, 4.69) is 10.5 Å². The Morgan fingerprint density at radius 2 is 2.06 bits per heavy atom. The first-order valence-electron chi connectivity index (χ1n) is 4.57. The third-order valence-electron chi connectivity index (χ3n) is 2.52. The summed E-state index contributed by atoms with van der Waals surface area (Å²) < 4.78 is 52.1. The van der Waals surface area contributed by atoms with Crippen molar-refractivity contribution in [2.75, 3.05) is 11.9 Å². The lowest BCUT2D eigenvalue weighted by Gasteiger charge is -2.19. The van der Waals surface area contributed by atoms with E-state index in [0.29, 0.717) is 0 Å². The second kappa shape index (κ2) is 3.39. The fourth-order valence-corrected chi connectivity index (χ4v) is 1.85. The van der Waals surface area contributed by atoms with Gasteiger partial charge in [0, 0.05) is 11.3 Å². The van der Waals surface area contributed by atoms with Crippen molar-refractivity contribution < 1.29 is 17.6 Å². The maximum atomic E-state index is 13.8. The lowest BCUT2D eigenvalue weighted by molar-refractivity contribution is -0.138. The molecule has 3 N–H and O–H groups in total. The van der Waals surface area contributed by atoms with E-state index in [1.54, 1.807) is 0 Å². The highest BCUT2D eigenvalue weighted by Crippen LogP contribution is 2.47. The van der Waals surface area contributed by atoms with E-state index in [1.165, 1.54) is 0 Å². The van der Waals surface area contributed by atoms with Gasteiger partial charge in [-0.05, 0) is 17.3 Å². The molecule has 1 aromatic rings. The van der Waals surface area contributed by atoms with Gasteiger partial charge in [0.1, 0.15) is 5.69 Å². The third kappa shape index (κ3) is 1.74. The number of nitrogens with two attached hydrogens (primary N) is 1. The quantitative estimate of drug-likeness (QED) is 0.456. The van der Waals surface area contributed by atoms with Crippen molar-refractivity contribution in [1.29, 1.82) is 0 Å². The van der Waals surface area contributed by atoms with Gasteiger partial charge in [-0.1, -0.05) is 0 Å². The number of nitroso groups, excluding NO2 is 1. The van der Waals surface area contributed by atoms with Gasteiger partial charge in [-0.2, -0.15) is 13.2 Å². The first-order chi connectivity index (χ1) is 7.77. The smallest absolute Gasteiger partial charge is 0.380 e. The Morgan fingerprint density at radius 1 is 1.41 bits per heavy atom. The highest BCUT2D eigenvalue weighted by atomic mass is 19.4. The van der Waals surface area contributed by atoms with Crippen LogP contribution in [0.15, 0.2) is 17.3 Å². The highest BCUT2D eigenvalue weighted by molar-refractivity contribution is 5.69. The molecule has 0 fully saturated rings. The molecule has 1 aromatic carbocycles. The molecule has 0 radical (unpaired) electrons. The largest absolute Gasteiger partial charge is 0.419 e. The van der Waals surface area contributed by atoms with E-state index in [4.69, 9.17) is 5.73 Å². The van der Waals surface area contributed by atoms with Crippen molar-refractivity contribution >= 4 is 11.4 Å². The summed E-state index contributed by atoms with van der Waals surface area (Å²) in [6, 6.07) is 2.03. The maximum absolute atomic E-state index is 13.8. The van der Waals surface area contributed by atoms with Gasteiger partial charge in [0.05, 0.1) is 12.1 Å². The summed E-state index contributed by atoms with van der Waals surface area (Å²) in [4.78, 5) is 10.4. The number of benzene rings is 1. The van der Waals surface area contributed by atoms with Crippen LogP contribution in [0, 0.1) is 4.91 Å². The molecule has 92 valence electrons. The van der Waals surface area contributed by atoms with E-state index in [0.717, 1.165) is 12.1 Å². The molecule has 0 aliphatic carbocycles. The molecule has 0 saturated carbocycles. The number of alkyl halides is 4. The predicted molar refractivity (Wildman–Crippen MR) is 52.4 cm³/mol. The first-order valence-corrected chi connectivity index (χ1v) is 4.57. The fourth-order valence-electron chi connectivity index (χ4n) is 1.85. The van der Waals surface area contributed by atoms with E-state index < -0.39 is 35.3 Å². The zero-order valence-corrected chi connectivity index (χ0v) is 8.31. The maximum Gasteiger partial charge on any atom is 0.419 e. The van der Waals surface area contributed by atoms with Crippen LogP contribution >= 0.6 is 0 Å². The Bertz CT molecular complexity index is 484. The molecule has 1 aliphatic heterocycles. The Balaban J connectivity index is 2.79. The van der Waals surface area contributed by atoms with Gasteiger partial charge in [0.25, 0.3) is 0 Å². The van der Waals surface area contributed by atoms with E-state index >= 15 is 0 Å². The molecule has 1 atom stereocenters. The van der Waals surface area contributed by atoms with Gasteiger partial charge in [-0.3, -0.25) is 5.73 Å². The summed E-state index contributed by atoms with van der Waals surface area (Å²) in [5.41, 5.74) is 2.02. The van der Waals surface area contributed by atoms with Crippen molar-refractivity contribution in [2.24, 2.45) is 10.9 Å². The fraction of sp³-hybridized carbons (Fsp3) is 0.333. The van der Waals surface area contributed by atoms with Gasteiger partial charge in [-0.25, -0.2) is 4.39 Å². The summed E-state index contributed by atoms with van der Waals surface area (Å²) >= 11 is 0. The first kappa shape index (κ1) is 11.8. The summed E-state index contributed by atoms with van der Waals surface area (Å²) in [6.45, 7) is -0.478. The standard InChI is InChI=1S/C9H7F4N3O/c10-8(14)3-15-4-1-2-5(16-17)7(6(4)8)9(11,12)13/h1-2,15H,3,14H2. The number of nitrogens with zero attached hydrogens (tertiary/aromatic N) is 1. The number of halogens is 4. The number of nitrogens with one attached hydrogen (secondary N) is 1. The second-order valence-corrected chi connectivity index (χ2v) is 3.69. The van der Waals surface area contributed by atoms with Crippen LogP contribution in [-0.4, -0.2) is 6.54 Å². The molecule has 0 bridgehead atoms. The zero-order valence-electron chi connectivity index (χ0n) is 8.31. The molecule has 0 aromatic heterocycles. The van der Waals surface area contributed by atoms with Crippen molar-refractivity contribution in [3.05, 3.63) is 28.2 Å². The molecule has 1 aliphatic rings. The molecular weight excluding hydrogens is 242 g/mol. The Hall–Kier alpha value is -1.70. The van der Waals surface area contributed by atoms with Gasteiger partial charge in [-0.15, -0.1) is 4.91 Å². The van der Waals surface area contributed by atoms with Crippen molar-refractivity contribution in [3.63, 3.8) is 0 Å². The average molecular weight is 249 g/mol. The van der Waals surface area contributed by atoms with Gasteiger partial charge in [0.15, 0.2) is 0 Å².